The van der Waals surface area contributed by atoms with E-state index in [1.165, 1.54) is 11.1 Å². The number of benzene rings is 3. The van der Waals surface area contributed by atoms with Crippen LogP contribution in [-0.4, -0.2) is 16.0 Å². The van der Waals surface area contributed by atoms with Gasteiger partial charge in [0.05, 0.1) is 0 Å². The number of carboxylic acid groups (broad SMARTS) is 1. The molecule has 0 bridgehead atoms. The largest absolute Gasteiger partial charge is 0.481 e. The van der Waals surface area contributed by atoms with Gasteiger partial charge in [-0.25, -0.2) is 0 Å². The summed E-state index contributed by atoms with van der Waals surface area (Å²) in [7, 11) is 0. The van der Waals surface area contributed by atoms with Crippen molar-refractivity contribution in [2.24, 2.45) is 0 Å². The molecule has 3 aromatic carbocycles. The molecule has 1 N–H and O–H groups in total. The summed E-state index contributed by atoms with van der Waals surface area (Å²) in [5.74, 6) is -0.754. The number of rotatable bonds is 9. The lowest BCUT2D eigenvalue weighted by molar-refractivity contribution is -0.137. The van der Waals surface area contributed by atoms with Crippen molar-refractivity contribution in [2.45, 2.75) is 32.0 Å². The third kappa shape index (κ3) is 5.80. The minimum atomic E-state index is -0.754. The van der Waals surface area contributed by atoms with Crippen LogP contribution in [0.15, 0.2) is 91.0 Å². The molecule has 0 aliphatic carbocycles. The molecule has 3 aromatic rings. The Kier molecular flexibility index (Phi) is 6.78. The third-order valence-corrected chi connectivity index (χ3v) is 4.71. The van der Waals surface area contributed by atoms with Gasteiger partial charge in [-0.05, 0) is 23.1 Å². The molecule has 0 amide bonds. The van der Waals surface area contributed by atoms with Crippen LogP contribution in [-0.2, 0) is 17.9 Å². The molecule has 0 heterocycles. The molecule has 1 atom stereocenters. The van der Waals surface area contributed by atoms with Crippen LogP contribution in [0, 0.1) is 0 Å². The molecule has 138 valence electrons. The molecular formula is C24H25NO2. The van der Waals surface area contributed by atoms with Gasteiger partial charge in [0, 0.05) is 25.6 Å². The predicted molar refractivity (Wildman–Crippen MR) is 108 cm³/mol. The van der Waals surface area contributed by atoms with Crippen LogP contribution < -0.4 is 0 Å². The smallest absolute Gasteiger partial charge is 0.303 e. The minimum absolute atomic E-state index is 0.0442. The topological polar surface area (TPSA) is 40.5 Å². The maximum absolute atomic E-state index is 11.3. The second-order valence-corrected chi connectivity index (χ2v) is 6.74. The fourth-order valence-corrected chi connectivity index (χ4v) is 3.41. The van der Waals surface area contributed by atoms with Crippen LogP contribution >= 0.6 is 0 Å². The summed E-state index contributed by atoms with van der Waals surface area (Å²) < 4.78 is 0. The van der Waals surface area contributed by atoms with Crippen molar-refractivity contribution < 1.29 is 9.90 Å². The van der Waals surface area contributed by atoms with E-state index >= 15 is 0 Å². The number of carbonyl (C=O) groups is 1. The first-order valence-electron chi connectivity index (χ1n) is 9.31. The summed E-state index contributed by atoms with van der Waals surface area (Å²) in [4.78, 5) is 13.6. The average molecular weight is 359 g/mol. The molecule has 0 saturated heterocycles. The highest BCUT2D eigenvalue weighted by molar-refractivity contribution is 5.66. The molecule has 0 aliphatic rings. The highest BCUT2D eigenvalue weighted by Gasteiger charge is 2.22. The van der Waals surface area contributed by atoms with Gasteiger partial charge in [0.2, 0.25) is 0 Å². The Hall–Kier alpha value is -2.91. The van der Waals surface area contributed by atoms with Crippen LogP contribution in [0.2, 0.25) is 0 Å². The third-order valence-electron chi connectivity index (χ3n) is 4.71. The van der Waals surface area contributed by atoms with Crippen molar-refractivity contribution in [1.82, 2.24) is 4.90 Å². The first-order chi connectivity index (χ1) is 13.2. The molecule has 3 heteroatoms. The summed E-state index contributed by atoms with van der Waals surface area (Å²) in [6, 6.07) is 31.0. The first-order valence-corrected chi connectivity index (χ1v) is 9.31. The number of carboxylic acids is 1. The summed E-state index contributed by atoms with van der Waals surface area (Å²) in [5, 5.41) is 9.25. The van der Waals surface area contributed by atoms with E-state index in [2.05, 4.69) is 41.3 Å². The Balaban J connectivity index is 1.91. The van der Waals surface area contributed by atoms with Gasteiger partial charge >= 0.3 is 5.97 Å². The normalized spacial score (nSPS) is 12.0. The van der Waals surface area contributed by atoms with Crippen LogP contribution in [0.4, 0.5) is 0 Å². The average Bonchev–Trinajstić information content (AvgIpc) is 2.70. The van der Waals surface area contributed by atoms with Gasteiger partial charge in [0.25, 0.3) is 0 Å². The molecule has 0 aliphatic heterocycles. The number of hydrogen-bond acceptors (Lipinski definition) is 2. The van der Waals surface area contributed by atoms with E-state index < -0.39 is 5.97 Å². The lowest BCUT2D eigenvalue weighted by atomic mass is 9.98. The van der Waals surface area contributed by atoms with Crippen molar-refractivity contribution >= 4 is 5.97 Å². The Labute approximate surface area is 160 Å². The molecule has 3 rings (SSSR count). The highest BCUT2D eigenvalue weighted by atomic mass is 16.4. The van der Waals surface area contributed by atoms with E-state index in [9.17, 15) is 9.90 Å². The lowest BCUT2D eigenvalue weighted by Gasteiger charge is -2.32. The van der Waals surface area contributed by atoms with Gasteiger partial charge in [-0.1, -0.05) is 91.0 Å². The summed E-state index contributed by atoms with van der Waals surface area (Å²) in [5.41, 5.74) is 3.61. The van der Waals surface area contributed by atoms with Crippen LogP contribution in [0.3, 0.4) is 0 Å². The van der Waals surface area contributed by atoms with E-state index in [4.69, 9.17) is 0 Å². The van der Waals surface area contributed by atoms with Gasteiger partial charge in [0.1, 0.15) is 0 Å². The van der Waals surface area contributed by atoms with Crippen molar-refractivity contribution in [3.8, 4) is 0 Å². The van der Waals surface area contributed by atoms with E-state index in [-0.39, 0.29) is 12.5 Å². The van der Waals surface area contributed by atoms with E-state index in [1.54, 1.807) is 0 Å². The number of nitrogens with zero attached hydrogens (tertiary/aromatic N) is 1. The SMILES string of the molecule is O=C(O)CCC(c1ccccc1)N(Cc1ccccc1)Cc1ccccc1. The molecule has 0 saturated carbocycles. The monoisotopic (exact) mass is 359 g/mol. The second kappa shape index (κ2) is 9.70. The molecular weight excluding hydrogens is 334 g/mol. The van der Waals surface area contributed by atoms with E-state index in [0.29, 0.717) is 6.42 Å². The summed E-state index contributed by atoms with van der Waals surface area (Å²) in [6.07, 6.45) is 0.735. The fourth-order valence-electron chi connectivity index (χ4n) is 3.41. The quantitative estimate of drug-likeness (QED) is 0.564. The second-order valence-electron chi connectivity index (χ2n) is 6.74. The molecule has 27 heavy (non-hydrogen) atoms. The lowest BCUT2D eigenvalue weighted by Crippen LogP contribution is -2.28. The molecule has 0 aromatic heterocycles. The zero-order valence-corrected chi connectivity index (χ0v) is 15.4. The zero-order valence-electron chi connectivity index (χ0n) is 15.4. The van der Waals surface area contributed by atoms with E-state index in [1.807, 2.05) is 54.6 Å². The maximum Gasteiger partial charge on any atom is 0.303 e. The Morgan fingerprint density at radius 2 is 1.19 bits per heavy atom. The van der Waals surface area contributed by atoms with Crippen LogP contribution in [0.25, 0.3) is 0 Å². The first kappa shape index (κ1) is 18.9. The van der Waals surface area contributed by atoms with Crippen LogP contribution in [0.1, 0.15) is 35.6 Å². The summed E-state index contributed by atoms with van der Waals surface area (Å²) in [6.45, 7) is 1.55. The molecule has 3 nitrogen and oxygen atoms in total. The standard InChI is InChI=1S/C24H25NO2/c26-24(27)17-16-23(22-14-8-3-9-15-22)25(18-20-10-4-1-5-11-20)19-21-12-6-2-7-13-21/h1-15,23H,16-19H2,(H,26,27). The maximum atomic E-state index is 11.3. The Morgan fingerprint density at radius 3 is 1.63 bits per heavy atom. The Morgan fingerprint density at radius 1 is 0.741 bits per heavy atom. The highest BCUT2D eigenvalue weighted by Crippen LogP contribution is 2.29. The molecule has 0 radical (unpaired) electrons. The van der Waals surface area contributed by atoms with Crippen molar-refractivity contribution in [3.05, 3.63) is 108 Å². The zero-order chi connectivity index (χ0) is 18.9. The summed E-state index contributed by atoms with van der Waals surface area (Å²) >= 11 is 0. The van der Waals surface area contributed by atoms with Crippen molar-refractivity contribution in [1.29, 1.82) is 0 Å². The molecule has 0 fully saturated rings. The predicted octanol–water partition coefficient (Wildman–Crippen LogP) is 5.29. The van der Waals surface area contributed by atoms with Gasteiger partial charge in [-0.2, -0.15) is 0 Å². The fraction of sp³-hybridized carbons (Fsp3) is 0.208. The van der Waals surface area contributed by atoms with Crippen molar-refractivity contribution in [3.63, 3.8) is 0 Å². The minimum Gasteiger partial charge on any atom is -0.481 e. The molecule has 0 spiro atoms. The van der Waals surface area contributed by atoms with E-state index in [0.717, 1.165) is 18.7 Å². The van der Waals surface area contributed by atoms with Crippen molar-refractivity contribution in [2.75, 3.05) is 0 Å². The number of hydrogen-bond donors (Lipinski definition) is 1. The van der Waals surface area contributed by atoms with Crippen LogP contribution in [0.5, 0.6) is 0 Å². The van der Waals surface area contributed by atoms with Gasteiger partial charge in [0.15, 0.2) is 0 Å². The molecule has 1 unspecified atom stereocenters. The van der Waals surface area contributed by atoms with Gasteiger partial charge < -0.3 is 5.11 Å². The van der Waals surface area contributed by atoms with Gasteiger partial charge in [-0.3, -0.25) is 9.69 Å². The number of aliphatic carboxylic acids is 1. The van der Waals surface area contributed by atoms with Gasteiger partial charge in [-0.15, -0.1) is 0 Å². The Bertz CT molecular complexity index is 777.